The zero-order valence-electron chi connectivity index (χ0n) is 56.1. The molecule has 0 amide bonds. The van der Waals surface area contributed by atoms with Gasteiger partial charge in [0.2, 0.25) is 0 Å². The fourth-order valence-corrected chi connectivity index (χ4v) is 13.6. The molecule has 18 rings (SSSR count). The fourth-order valence-electron chi connectivity index (χ4n) is 13.6. The van der Waals surface area contributed by atoms with Crippen LogP contribution in [0.4, 0.5) is 0 Å². The summed E-state index contributed by atoms with van der Waals surface area (Å²) < 4.78 is 0. The maximum Gasteiger partial charge on any atom is 0.164 e. The van der Waals surface area contributed by atoms with Crippen molar-refractivity contribution >= 4 is 21.5 Å². The van der Waals surface area contributed by atoms with E-state index in [1.54, 1.807) is 0 Å². The van der Waals surface area contributed by atoms with Gasteiger partial charge in [0.05, 0.1) is 22.8 Å². The number of hydrogen-bond acceptors (Lipinski definition) is 10. The lowest BCUT2D eigenvalue weighted by Crippen LogP contribution is -2.01. The Hall–Kier alpha value is -14.2. The molecule has 0 fully saturated rings. The fraction of sp³-hybridized carbons (Fsp3) is 0. The molecular formula is C94H60N10. The van der Waals surface area contributed by atoms with Gasteiger partial charge >= 0.3 is 0 Å². The standard InChI is InChI=1S/C94H60N10/c1-8-25-64(26-9-1)81-59-84(97-87(95-81)69-29-12-3-13-30-69)67-53-47-63(48-54-67)80-58-76(57-75-41-24-44-79(86(75)80)94-103-91(72-35-18-6-19-36-72)100-92(104-94)73-37-20-7-21-38-73)61-45-51-66(52-46-61)83-60-82(65-27-10-2-11-28-65)96-88(98-83)74-55-49-62(50-56-74)77-42-22-39-68-40-23-43-78(85(68)77)93-101-89(70-31-14-4-15-32-70)99-90(102-93)71-33-16-5-17-34-71/h1-60H. The summed E-state index contributed by atoms with van der Waals surface area (Å²) in [5.74, 6) is 4.85. The molecule has 0 saturated carbocycles. The molecule has 0 aliphatic heterocycles. The van der Waals surface area contributed by atoms with Crippen LogP contribution in [0, 0.1) is 0 Å². The minimum absolute atomic E-state index is 0.572. The average molecular weight is 1330 g/mol. The Balaban J connectivity index is 0.729. The van der Waals surface area contributed by atoms with Crippen LogP contribution in [-0.4, -0.2) is 49.8 Å². The highest BCUT2D eigenvalue weighted by molar-refractivity contribution is 6.09. The van der Waals surface area contributed by atoms with Crippen molar-refractivity contribution in [1.82, 2.24) is 49.8 Å². The Bertz CT molecular complexity index is 5970. The number of benzene rings is 14. The molecule has 4 aromatic heterocycles. The first kappa shape index (κ1) is 62.1. The van der Waals surface area contributed by atoms with E-state index < -0.39 is 0 Å². The van der Waals surface area contributed by atoms with Crippen LogP contribution in [0.25, 0.3) is 191 Å². The van der Waals surface area contributed by atoms with E-state index in [-0.39, 0.29) is 0 Å². The molecule has 0 spiro atoms. The van der Waals surface area contributed by atoms with Crippen LogP contribution in [-0.2, 0) is 0 Å². The van der Waals surface area contributed by atoms with Gasteiger partial charge in [-0.15, -0.1) is 0 Å². The summed E-state index contributed by atoms with van der Waals surface area (Å²) in [5, 5.41) is 4.16. The van der Waals surface area contributed by atoms with Crippen molar-refractivity contribution in [3.8, 4) is 170 Å². The van der Waals surface area contributed by atoms with Crippen molar-refractivity contribution in [2.75, 3.05) is 0 Å². The molecule has 0 N–H and O–H groups in total. The summed E-state index contributed by atoms with van der Waals surface area (Å²) in [4.78, 5) is 51.9. The van der Waals surface area contributed by atoms with Crippen LogP contribution in [0.2, 0.25) is 0 Å². The summed E-state index contributed by atoms with van der Waals surface area (Å²) in [6.45, 7) is 0. The van der Waals surface area contributed by atoms with Gasteiger partial charge in [-0.2, -0.15) is 0 Å². The molecule has 0 aliphatic rings. The Labute approximate surface area is 601 Å². The zero-order valence-corrected chi connectivity index (χ0v) is 56.1. The highest BCUT2D eigenvalue weighted by Crippen LogP contribution is 2.43. The first-order valence-electron chi connectivity index (χ1n) is 34.6. The topological polar surface area (TPSA) is 129 Å². The van der Waals surface area contributed by atoms with Gasteiger partial charge in [-0.05, 0) is 68.4 Å². The molecule has 10 heteroatoms. The van der Waals surface area contributed by atoms with Crippen LogP contribution in [0.3, 0.4) is 0 Å². The SMILES string of the molecule is c1ccc(-c2cc(-c3ccc(-c4cc(-c5ccc(-c6cc(-c7ccccc7)nc(-c7ccc(-c8cccc9cccc(-c%10nc(-c%11ccccc%11)nc(-c%11ccccc%11)n%10)c89)cc7)n6)cc5)cc5cccc(-c6nc(-c7ccccc7)nc(-c7ccccc7)n6)c45)cc3)nc(-c3ccccc3)n2)cc1. The zero-order chi connectivity index (χ0) is 69.1. The predicted octanol–water partition coefficient (Wildman–Crippen LogP) is 22.9. The first-order valence-corrected chi connectivity index (χ1v) is 34.6. The summed E-state index contributed by atoms with van der Waals surface area (Å²) in [5.41, 5.74) is 20.6. The van der Waals surface area contributed by atoms with Crippen molar-refractivity contribution < 1.29 is 0 Å². The monoisotopic (exact) mass is 1330 g/mol. The van der Waals surface area contributed by atoms with Crippen molar-refractivity contribution in [2.45, 2.75) is 0 Å². The maximum absolute atomic E-state index is 5.37. The molecular weight excluding hydrogens is 1270 g/mol. The van der Waals surface area contributed by atoms with Gasteiger partial charge in [0.15, 0.2) is 46.6 Å². The second kappa shape index (κ2) is 27.5. The van der Waals surface area contributed by atoms with E-state index in [9.17, 15) is 0 Å². The summed E-state index contributed by atoms with van der Waals surface area (Å²) in [6, 6.07) is 125. The molecule has 0 atom stereocenters. The molecule has 104 heavy (non-hydrogen) atoms. The Morgan fingerprint density at radius 2 is 0.375 bits per heavy atom. The summed E-state index contributed by atoms with van der Waals surface area (Å²) in [6.07, 6.45) is 0. The highest BCUT2D eigenvalue weighted by atomic mass is 15.0. The number of fused-ring (bicyclic) bond motifs is 2. The van der Waals surface area contributed by atoms with E-state index in [0.717, 1.165) is 144 Å². The number of hydrogen-bond donors (Lipinski definition) is 0. The molecule has 10 nitrogen and oxygen atoms in total. The number of rotatable bonds is 15. The van der Waals surface area contributed by atoms with Crippen molar-refractivity contribution in [2.24, 2.45) is 0 Å². The molecule has 18 aromatic rings. The second-order valence-corrected chi connectivity index (χ2v) is 25.5. The minimum Gasteiger partial charge on any atom is -0.228 e. The molecule has 0 aliphatic carbocycles. The van der Waals surface area contributed by atoms with Crippen LogP contribution in [0.1, 0.15) is 0 Å². The van der Waals surface area contributed by atoms with Crippen LogP contribution >= 0.6 is 0 Å². The Morgan fingerprint density at radius 3 is 0.740 bits per heavy atom. The highest BCUT2D eigenvalue weighted by Gasteiger charge is 2.22. The third kappa shape index (κ3) is 12.5. The molecule has 4 heterocycles. The van der Waals surface area contributed by atoms with E-state index in [2.05, 4.69) is 188 Å². The average Bonchev–Trinajstić information content (AvgIpc) is 0.757. The van der Waals surface area contributed by atoms with Crippen LogP contribution < -0.4 is 0 Å². The van der Waals surface area contributed by atoms with E-state index in [1.165, 1.54) is 0 Å². The molecule has 0 unspecified atom stereocenters. The smallest absolute Gasteiger partial charge is 0.164 e. The molecule has 0 bridgehead atoms. The third-order valence-electron chi connectivity index (χ3n) is 18.8. The number of nitrogens with zero attached hydrogens (tertiary/aromatic N) is 10. The van der Waals surface area contributed by atoms with Gasteiger partial charge in [0.1, 0.15) is 0 Å². The lowest BCUT2D eigenvalue weighted by atomic mass is 9.89. The van der Waals surface area contributed by atoms with Gasteiger partial charge < -0.3 is 0 Å². The molecule has 0 radical (unpaired) electrons. The molecule has 0 saturated heterocycles. The maximum atomic E-state index is 5.37. The summed E-state index contributed by atoms with van der Waals surface area (Å²) in [7, 11) is 0. The minimum atomic E-state index is 0.572. The van der Waals surface area contributed by atoms with Crippen molar-refractivity contribution in [3.05, 3.63) is 364 Å². The van der Waals surface area contributed by atoms with Gasteiger partial charge in [-0.25, -0.2) is 49.8 Å². The van der Waals surface area contributed by atoms with Gasteiger partial charge in [-0.3, -0.25) is 0 Å². The van der Waals surface area contributed by atoms with Crippen LogP contribution in [0.5, 0.6) is 0 Å². The van der Waals surface area contributed by atoms with Crippen LogP contribution in [0.15, 0.2) is 364 Å². The quantitative estimate of drug-likeness (QED) is 0.0978. The normalized spacial score (nSPS) is 11.3. The van der Waals surface area contributed by atoms with E-state index in [4.69, 9.17) is 49.8 Å². The summed E-state index contributed by atoms with van der Waals surface area (Å²) >= 11 is 0. The Morgan fingerprint density at radius 1 is 0.125 bits per heavy atom. The predicted molar refractivity (Wildman–Crippen MR) is 421 cm³/mol. The lowest BCUT2D eigenvalue weighted by Gasteiger charge is -2.16. The van der Waals surface area contributed by atoms with E-state index in [1.807, 2.05) is 176 Å². The van der Waals surface area contributed by atoms with Crippen molar-refractivity contribution in [3.63, 3.8) is 0 Å². The van der Waals surface area contributed by atoms with E-state index in [0.29, 0.717) is 46.6 Å². The van der Waals surface area contributed by atoms with Gasteiger partial charge in [0.25, 0.3) is 0 Å². The second-order valence-electron chi connectivity index (χ2n) is 25.5. The number of aromatic nitrogens is 10. The van der Waals surface area contributed by atoms with Gasteiger partial charge in [0, 0.05) is 77.5 Å². The molecule has 486 valence electrons. The lowest BCUT2D eigenvalue weighted by molar-refractivity contribution is 1.08. The van der Waals surface area contributed by atoms with Gasteiger partial charge in [-0.1, -0.05) is 340 Å². The van der Waals surface area contributed by atoms with E-state index >= 15 is 0 Å². The largest absolute Gasteiger partial charge is 0.228 e. The third-order valence-corrected chi connectivity index (χ3v) is 18.8. The van der Waals surface area contributed by atoms with Crippen molar-refractivity contribution in [1.29, 1.82) is 0 Å². The first-order chi connectivity index (χ1) is 51.5. The molecule has 14 aromatic carbocycles. The Kier molecular flexibility index (Phi) is 16.4.